The molecule has 1 heterocycles. The minimum atomic E-state index is -4.42. The number of nitrogens with one attached hydrogen (secondary N) is 1. The second-order valence-electron chi connectivity index (χ2n) is 2.46. The van der Waals surface area contributed by atoms with Crippen LogP contribution in [0.4, 0.5) is 13.2 Å². The van der Waals surface area contributed by atoms with Crippen LogP contribution in [0.1, 0.15) is 18.4 Å². The molecule has 74 valence electrons. The predicted octanol–water partition coefficient (Wildman–Crippen LogP) is 1.80. The van der Waals surface area contributed by atoms with Gasteiger partial charge in [0.05, 0.1) is 6.54 Å². The third-order valence-electron chi connectivity index (χ3n) is 1.40. The Labute approximate surface area is 72.9 Å². The molecule has 1 N–H and O–H groups in total. The third kappa shape index (κ3) is 2.73. The zero-order valence-electron chi connectivity index (χ0n) is 6.98. The highest BCUT2D eigenvalue weighted by molar-refractivity contribution is 5.08. The normalized spacial score (nSPS) is 12.0. The van der Waals surface area contributed by atoms with Crippen LogP contribution >= 0.6 is 0 Å². The van der Waals surface area contributed by atoms with E-state index in [9.17, 15) is 13.2 Å². The highest BCUT2D eigenvalue weighted by Gasteiger charge is 2.34. The van der Waals surface area contributed by atoms with Gasteiger partial charge in [0.2, 0.25) is 0 Å². The first-order valence-electron chi connectivity index (χ1n) is 3.77. The van der Waals surface area contributed by atoms with Crippen LogP contribution in [0.3, 0.4) is 0 Å². The van der Waals surface area contributed by atoms with Gasteiger partial charge in [-0.15, -0.1) is 0 Å². The van der Waals surface area contributed by atoms with E-state index in [-0.39, 0.29) is 12.3 Å². The molecule has 0 saturated carbocycles. The summed E-state index contributed by atoms with van der Waals surface area (Å²) in [7, 11) is 0. The maximum atomic E-state index is 12.0. The Balaban J connectivity index is 2.64. The van der Waals surface area contributed by atoms with Gasteiger partial charge in [-0.2, -0.15) is 13.2 Å². The topological polar surface area (TPSA) is 38.1 Å². The summed E-state index contributed by atoms with van der Waals surface area (Å²) in [6, 6.07) is 0.892. The molecule has 0 unspecified atom stereocenters. The Morgan fingerprint density at radius 2 is 2.23 bits per heavy atom. The molecule has 0 aliphatic heterocycles. The van der Waals surface area contributed by atoms with Gasteiger partial charge in [-0.3, -0.25) is 0 Å². The second kappa shape index (κ2) is 3.78. The van der Waals surface area contributed by atoms with Gasteiger partial charge in [-0.05, 0) is 6.54 Å². The fraction of sp³-hybridized carbons (Fsp3) is 0.571. The zero-order chi connectivity index (χ0) is 9.90. The Bertz CT molecular complexity index is 269. The fourth-order valence-electron chi connectivity index (χ4n) is 0.778. The van der Waals surface area contributed by atoms with Crippen LogP contribution in [0.2, 0.25) is 0 Å². The number of hydrogen-bond acceptors (Lipinski definition) is 3. The van der Waals surface area contributed by atoms with Gasteiger partial charge in [0.25, 0.3) is 0 Å². The minimum Gasteiger partial charge on any atom is -0.359 e. The van der Waals surface area contributed by atoms with Crippen molar-refractivity contribution in [2.75, 3.05) is 6.54 Å². The van der Waals surface area contributed by atoms with Crippen molar-refractivity contribution in [1.29, 1.82) is 0 Å². The lowest BCUT2D eigenvalue weighted by molar-refractivity contribution is -0.142. The van der Waals surface area contributed by atoms with Gasteiger partial charge >= 0.3 is 6.18 Å². The largest absolute Gasteiger partial charge is 0.436 e. The van der Waals surface area contributed by atoms with Crippen LogP contribution in [0, 0.1) is 0 Å². The molecule has 13 heavy (non-hydrogen) atoms. The minimum absolute atomic E-state index is 0.189. The average Bonchev–Trinajstić information content (AvgIpc) is 2.47. The van der Waals surface area contributed by atoms with E-state index in [1.54, 1.807) is 0 Å². The molecule has 0 radical (unpaired) electrons. The van der Waals surface area contributed by atoms with Crippen molar-refractivity contribution in [1.82, 2.24) is 10.5 Å². The van der Waals surface area contributed by atoms with E-state index in [1.807, 2.05) is 6.92 Å². The summed E-state index contributed by atoms with van der Waals surface area (Å²) in [6.45, 7) is 2.78. The molecule has 3 nitrogen and oxygen atoms in total. The first-order valence-corrected chi connectivity index (χ1v) is 3.77. The quantitative estimate of drug-likeness (QED) is 0.797. The molecule has 0 amide bonds. The van der Waals surface area contributed by atoms with Crippen LogP contribution in [0.5, 0.6) is 0 Å². The first kappa shape index (κ1) is 10.0. The van der Waals surface area contributed by atoms with E-state index < -0.39 is 11.9 Å². The predicted molar refractivity (Wildman–Crippen MR) is 38.9 cm³/mol. The molecular weight excluding hydrogens is 185 g/mol. The van der Waals surface area contributed by atoms with E-state index in [2.05, 4.69) is 15.0 Å². The van der Waals surface area contributed by atoms with Crippen LogP contribution in [-0.2, 0) is 12.7 Å². The van der Waals surface area contributed by atoms with Gasteiger partial charge in [0.15, 0.2) is 11.5 Å². The molecule has 1 aromatic rings. The van der Waals surface area contributed by atoms with Gasteiger partial charge in [0.1, 0.15) is 0 Å². The van der Waals surface area contributed by atoms with Gasteiger partial charge in [0, 0.05) is 6.07 Å². The van der Waals surface area contributed by atoms with E-state index >= 15 is 0 Å². The Morgan fingerprint density at radius 3 is 2.69 bits per heavy atom. The highest BCUT2D eigenvalue weighted by Crippen LogP contribution is 2.28. The smallest absolute Gasteiger partial charge is 0.359 e. The molecule has 0 saturated heterocycles. The Morgan fingerprint density at radius 1 is 1.54 bits per heavy atom. The molecule has 1 rings (SSSR count). The van der Waals surface area contributed by atoms with Crippen molar-refractivity contribution < 1.29 is 17.7 Å². The van der Waals surface area contributed by atoms with Crippen molar-refractivity contribution in [2.24, 2.45) is 0 Å². The highest BCUT2D eigenvalue weighted by atomic mass is 19.4. The first-order chi connectivity index (χ1) is 6.04. The van der Waals surface area contributed by atoms with Gasteiger partial charge in [-0.25, -0.2) is 0 Å². The van der Waals surface area contributed by atoms with Gasteiger partial charge in [-0.1, -0.05) is 12.1 Å². The summed E-state index contributed by atoms with van der Waals surface area (Å²) >= 11 is 0. The van der Waals surface area contributed by atoms with Crippen molar-refractivity contribution >= 4 is 0 Å². The summed E-state index contributed by atoms with van der Waals surface area (Å²) < 4.78 is 40.4. The SMILES string of the molecule is CCNCc1cc(C(F)(F)F)no1. The van der Waals surface area contributed by atoms with Crippen LogP contribution in [0.25, 0.3) is 0 Å². The van der Waals surface area contributed by atoms with Crippen molar-refractivity contribution in [3.63, 3.8) is 0 Å². The monoisotopic (exact) mass is 194 g/mol. The molecular formula is C7H9F3N2O. The standard InChI is InChI=1S/C7H9F3N2O/c1-2-11-4-5-3-6(12-13-5)7(8,9)10/h3,11H,2,4H2,1H3. The number of rotatable bonds is 3. The summed E-state index contributed by atoms with van der Waals surface area (Å²) in [5.41, 5.74) is -0.986. The molecule has 0 bridgehead atoms. The number of aromatic nitrogens is 1. The Kier molecular flexibility index (Phi) is 2.92. The lowest BCUT2D eigenvalue weighted by atomic mass is 10.3. The van der Waals surface area contributed by atoms with Crippen molar-refractivity contribution in [2.45, 2.75) is 19.6 Å². The maximum Gasteiger partial charge on any atom is 0.436 e. The molecule has 0 atom stereocenters. The van der Waals surface area contributed by atoms with Crippen molar-refractivity contribution in [3.8, 4) is 0 Å². The summed E-state index contributed by atoms with van der Waals surface area (Å²) in [6.07, 6.45) is -4.42. The number of halogens is 3. The lowest BCUT2D eigenvalue weighted by Crippen LogP contribution is -2.11. The van der Waals surface area contributed by atoms with E-state index in [4.69, 9.17) is 0 Å². The molecule has 0 aliphatic carbocycles. The lowest BCUT2D eigenvalue weighted by Gasteiger charge is -1.97. The van der Waals surface area contributed by atoms with Crippen LogP contribution in [-0.4, -0.2) is 11.7 Å². The van der Waals surface area contributed by atoms with E-state index in [0.29, 0.717) is 6.54 Å². The molecule has 0 aliphatic rings. The third-order valence-corrected chi connectivity index (χ3v) is 1.40. The zero-order valence-corrected chi connectivity index (χ0v) is 6.98. The number of nitrogens with zero attached hydrogens (tertiary/aromatic N) is 1. The molecule has 6 heteroatoms. The van der Waals surface area contributed by atoms with Crippen LogP contribution < -0.4 is 5.32 Å². The summed E-state index contributed by atoms with van der Waals surface area (Å²) in [5, 5.41) is 5.73. The maximum absolute atomic E-state index is 12.0. The van der Waals surface area contributed by atoms with E-state index in [1.165, 1.54) is 0 Å². The fourth-order valence-corrected chi connectivity index (χ4v) is 0.778. The molecule has 1 aromatic heterocycles. The Hall–Kier alpha value is -1.04. The van der Waals surface area contributed by atoms with E-state index in [0.717, 1.165) is 6.07 Å². The summed E-state index contributed by atoms with van der Waals surface area (Å²) in [5.74, 6) is 0.189. The molecule has 0 fully saturated rings. The molecule has 0 spiro atoms. The average molecular weight is 194 g/mol. The van der Waals surface area contributed by atoms with Crippen molar-refractivity contribution in [3.05, 3.63) is 17.5 Å². The van der Waals surface area contributed by atoms with Crippen LogP contribution in [0.15, 0.2) is 10.6 Å². The summed E-state index contributed by atoms with van der Waals surface area (Å²) in [4.78, 5) is 0. The number of hydrogen-bond donors (Lipinski definition) is 1. The number of alkyl halides is 3. The second-order valence-corrected chi connectivity index (χ2v) is 2.46. The van der Waals surface area contributed by atoms with Gasteiger partial charge < -0.3 is 9.84 Å². The molecule has 0 aromatic carbocycles.